The Bertz CT molecular complexity index is 340. The maximum atomic E-state index is 3.61. The lowest BCUT2D eigenvalue weighted by atomic mass is 9.84. The molecule has 2 rings (SSSR count). The van der Waals surface area contributed by atoms with Crippen molar-refractivity contribution < 1.29 is 0 Å². The fourth-order valence-electron chi connectivity index (χ4n) is 2.63. The van der Waals surface area contributed by atoms with Crippen molar-refractivity contribution in [2.24, 2.45) is 5.41 Å². The molecule has 1 aliphatic rings. The van der Waals surface area contributed by atoms with E-state index < -0.39 is 0 Å². The zero-order chi connectivity index (χ0) is 12.5. The van der Waals surface area contributed by atoms with Gasteiger partial charge >= 0.3 is 0 Å². The van der Waals surface area contributed by atoms with E-state index in [4.69, 9.17) is 0 Å². The van der Waals surface area contributed by atoms with E-state index in [0.29, 0.717) is 17.5 Å². The van der Waals surface area contributed by atoms with E-state index in [1.54, 1.807) is 11.3 Å². The second-order valence-electron chi connectivity index (χ2n) is 6.25. The van der Waals surface area contributed by atoms with Crippen molar-refractivity contribution in [3.63, 3.8) is 0 Å². The van der Waals surface area contributed by atoms with Crippen LogP contribution in [0.4, 0.5) is 0 Å². The molecule has 1 fully saturated rings. The molecular formula is C14H24N2S. The van der Waals surface area contributed by atoms with Gasteiger partial charge in [-0.25, -0.2) is 0 Å². The third-order valence-corrected chi connectivity index (χ3v) is 4.31. The quantitative estimate of drug-likeness (QED) is 0.870. The normalized spacial score (nSPS) is 27.3. The summed E-state index contributed by atoms with van der Waals surface area (Å²) in [4.78, 5) is 2.64. The van der Waals surface area contributed by atoms with Gasteiger partial charge < -0.3 is 5.32 Å². The van der Waals surface area contributed by atoms with Crippen molar-refractivity contribution in [1.82, 2.24) is 10.2 Å². The molecule has 2 nitrogen and oxygen atoms in total. The third-order valence-electron chi connectivity index (χ3n) is 3.57. The van der Waals surface area contributed by atoms with E-state index in [9.17, 15) is 0 Å². The second-order valence-corrected chi connectivity index (χ2v) is 7.03. The van der Waals surface area contributed by atoms with Crippen LogP contribution in [0.15, 0.2) is 16.8 Å². The molecule has 0 aromatic carbocycles. The van der Waals surface area contributed by atoms with Crippen LogP contribution in [-0.4, -0.2) is 30.1 Å². The van der Waals surface area contributed by atoms with E-state index in [2.05, 4.69) is 54.7 Å². The second kappa shape index (κ2) is 5.09. The molecule has 0 radical (unpaired) electrons. The van der Waals surface area contributed by atoms with Gasteiger partial charge in [0.1, 0.15) is 0 Å². The maximum absolute atomic E-state index is 3.61. The molecule has 1 saturated heterocycles. The summed E-state index contributed by atoms with van der Waals surface area (Å²) in [5, 5.41) is 8.05. The van der Waals surface area contributed by atoms with Gasteiger partial charge in [0, 0.05) is 31.7 Å². The van der Waals surface area contributed by atoms with Crippen LogP contribution in [0.2, 0.25) is 0 Å². The zero-order valence-corrected chi connectivity index (χ0v) is 12.2. The number of nitrogens with zero attached hydrogens (tertiary/aromatic N) is 1. The van der Waals surface area contributed by atoms with Crippen LogP contribution in [-0.2, 0) is 6.54 Å². The monoisotopic (exact) mass is 252 g/mol. The third kappa shape index (κ3) is 3.30. The molecule has 2 unspecified atom stereocenters. The minimum atomic E-state index is 0.336. The number of hydrogen-bond donors (Lipinski definition) is 1. The minimum Gasteiger partial charge on any atom is -0.311 e. The summed E-state index contributed by atoms with van der Waals surface area (Å²) >= 11 is 1.80. The van der Waals surface area contributed by atoms with Crippen LogP contribution < -0.4 is 5.32 Å². The highest BCUT2D eigenvalue weighted by Gasteiger charge is 2.34. The van der Waals surface area contributed by atoms with Gasteiger partial charge in [0.25, 0.3) is 0 Å². The summed E-state index contributed by atoms with van der Waals surface area (Å²) in [6.07, 6.45) is 0. The number of nitrogens with one attached hydrogen (secondary N) is 1. The van der Waals surface area contributed by atoms with Crippen LogP contribution in [0, 0.1) is 5.41 Å². The van der Waals surface area contributed by atoms with Crippen LogP contribution in [0.5, 0.6) is 0 Å². The zero-order valence-electron chi connectivity index (χ0n) is 11.4. The van der Waals surface area contributed by atoms with Gasteiger partial charge in [0.05, 0.1) is 0 Å². The number of piperazine rings is 1. The summed E-state index contributed by atoms with van der Waals surface area (Å²) < 4.78 is 0. The summed E-state index contributed by atoms with van der Waals surface area (Å²) in [6, 6.07) is 3.47. The van der Waals surface area contributed by atoms with Gasteiger partial charge in [-0.15, -0.1) is 0 Å². The predicted octanol–water partition coefficient (Wildman–Crippen LogP) is 2.96. The van der Waals surface area contributed by atoms with Crippen molar-refractivity contribution in [2.75, 3.05) is 13.1 Å². The molecule has 17 heavy (non-hydrogen) atoms. The molecule has 0 spiro atoms. The predicted molar refractivity (Wildman–Crippen MR) is 75.4 cm³/mol. The molecule has 0 amide bonds. The minimum absolute atomic E-state index is 0.336. The summed E-state index contributed by atoms with van der Waals surface area (Å²) in [7, 11) is 0. The van der Waals surface area contributed by atoms with Gasteiger partial charge in [-0.1, -0.05) is 20.8 Å². The molecule has 1 aromatic rings. The molecule has 0 aliphatic carbocycles. The average molecular weight is 252 g/mol. The molecular weight excluding hydrogens is 228 g/mol. The van der Waals surface area contributed by atoms with Crippen molar-refractivity contribution in [3.8, 4) is 0 Å². The van der Waals surface area contributed by atoms with Gasteiger partial charge in [-0.3, -0.25) is 4.90 Å². The van der Waals surface area contributed by atoms with Gasteiger partial charge in [0.15, 0.2) is 0 Å². The van der Waals surface area contributed by atoms with Gasteiger partial charge in [-0.05, 0) is 34.7 Å². The smallest absolute Gasteiger partial charge is 0.0273 e. The molecule has 0 saturated carbocycles. The highest BCUT2D eigenvalue weighted by molar-refractivity contribution is 7.07. The molecule has 2 heterocycles. The molecule has 1 N–H and O–H groups in total. The Morgan fingerprint density at radius 3 is 2.82 bits per heavy atom. The van der Waals surface area contributed by atoms with Crippen LogP contribution in [0.25, 0.3) is 0 Å². The van der Waals surface area contributed by atoms with Crippen LogP contribution in [0.1, 0.15) is 33.3 Å². The Morgan fingerprint density at radius 2 is 2.24 bits per heavy atom. The molecule has 2 atom stereocenters. The number of thiophene rings is 1. The highest BCUT2D eigenvalue weighted by atomic mass is 32.1. The first kappa shape index (κ1) is 13.1. The van der Waals surface area contributed by atoms with Crippen molar-refractivity contribution >= 4 is 11.3 Å². The van der Waals surface area contributed by atoms with Crippen LogP contribution >= 0.6 is 11.3 Å². The van der Waals surface area contributed by atoms with Crippen LogP contribution in [0.3, 0.4) is 0 Å². The standard InChI is InChI=1S/C14H24N2S/c1-11-8-16(9-12-5-6-17-10-12)13(7-15-11)14(2,3)4/h5-6,10-11,13,15H,7-9H2,1-4H3. The molecule has 3 heteroatoms. The van der Waals surface area contributed by atoms with Crippen molar-refractivity contribution in [2.45, 2.75) is 46.3 Å². The Morgan fingerprint density at radius 1 is 1.47 bits per heavy atom. The lowest BCUT2D eigenvalue weighted by Crippen LogP contribution is -2.59. The van der Waals surface area contributed by atoms with E-state index >= 15 is 0 Å². The molecule has 1 aliphatic heterocycles. The topological polar surface area (TPSA) is 15.3 Å². The highest BCUT2D eigenvalue weighted by Crippen LogP contribution is 2.28. The van der Waals surface area contributed by atoms with E-state index in [0.717, 1.165) is 19.6 Å². The first-order valence-electron chi connectivity index (χ1n) is 6.45. The van der Waals surface area contributed by atoms with E-state index in [1.807, 2.05) is 0 Å². The lowest BCUT2D eigenvalue weighted by molar-refractivity contribution is 0.0527. The first-order chi connectivity index (χ1) is 7.97. The van der Waals surface area contributed by atoms with Gasteiger partial charge in [0.2, 0.25) is 0 Å². The molecule has 1 aromatic heterocycles. The molecule has 96 valence electrons. The fraction of sp³-hybridized carbons (Fsp3) is 0.714. The Kier molecular flexibility index (Phi) is 3.91. The van der Waals surface area contributed by atoms with E-state index in [-0.39, 0.29) is 0 Å². The fourth-order valence-corrected chi connectivity index (χ4v) is 3.29. The SMILES string of the molecule is CC1CN(Cc2ccsc2)C(C(C)(C)C)CN1. The summed E-state index contributed by atoms with van der Waals surface area (Å²) in [6.45, 7) is 12.7. The first-order valence-corrected chi connectivity index (χ1v) is 7.39. The van der Waals surface area contributed by atoms with E-state index in [1.165, 1.54) is 5.56 Å². The summed E-state index contributed by atoms with van der Waals surface area (Å²) in [5.74, 6) is 0. The van der Waals surface area contributed by atoms with Crippen molar-refractivity contribution in [1.29, 1.82) is 0 Å². The Hall–Kier alpha value is -0.380. The Labute approximate surface area is 109 Å². The van der Waals surface area contributed by atoms with Gasteiger partial charge in [-0.2, -0.15) is 11.3 Å². The number of hydrogen-bond acceptors (Lipinski definition) is 3. The summed E-state index contributed by atoms with van der Waals surface area (Å²) in [5.41, 5.74) is 1.79. The maximum Gasteiger partial charge on any atom is 0.0273 e. The largest absolute Gasteiger partial charge is 0.311 e. The van der Waals surface area contributed by atoms with Crippen molar-refractivity contribution in [3.05, 3.63) is 22.4 Å². The molecule has 0 bridgehead atoms. The average Bonchev–Trinajstić information content (AvgIpc) is 2.68. The Balaban J connectivity index is 2.09. The number of rotatable bonds is 2. The lowest BCUT2D eigenvalue weighted by Gasteiger charge is -2.45.